The molecule has 1 saturated carbocycles. The van der Waals surface area contributed by atoms with Gasteiger partial charge in [0.1, 0.15) is 23.9 Å². The molecule has 1 fully saturated rings. The molecule has 3 rings (SSSR count). The minimum atomic E-state index is -1.09. The molecule has 0 radical (unpaired) electrons. The van der Waals surface area contributed by atoms with E-state index in [1.807, 2.05) is 32.0 Å². The fourth-order valence-corrected chi connectivity index (χ4v) is 4.00. The van der Waals surface area contributed by atoms with Crippen molar-refractivity contribution < 1.29 is 24.2 Å². The summed E-state index contributed by atoms with van der Waals surface area (Å²) in [6.45, 7) is 10.5. The van der Waals surface area contributed by atoms with E-state index in [2.05, 4.69) is 10.6 Å². The Kier molecular flexibility index (Phi) is 7.73. The van der Waals surface area contributed by atoms with Gasteiger partial charge >= 0.3 is 6.09 Å². The van der Waals surface area contributed by atoms with Gasteiger partial charge in [0.05, 0.1) is 0 Å². The molecule has 0 bridgehead atoms. The average molecular weight is 482 g/mol. The van der Waals surface area contributed by atoms with Crippen LogP contribution in [0.4, 0.5) is 10.5 Å². The summed E-state index contributed by atoms with van der Waals surface area (Å²) in [7, 11) is 0. The molecule has 8 nitrogen and oxygen atoms in total. The minimum absolute atomic E-state index is 0.0383. The molecule has 1 aliphatic rings. The van der Waals surface area contributed by atoms with Gasteiger partial charge in [0.25, 0.3) is 5.91 Å². The number of ether oxygens (including phenoxy) is 1. The Morgan fingerprint density at radius 3 is 2.31 bits per heavy atom. The molecule has 0 aromatic heterocycles. The first kappa shape index (κ1) is 26.1. The SMILES string of the molecule is Cc1ccccc1NC(=O)C(c1cccc(C)c1O)N(C(=O)CNC(=O)OC(C)(C)C)C1CC1C. The van der Waals surface area contributed by atoms with E-state index < -0.39 is 29.6 Å². The normalized spacial score (nSPS) is 17.8. The molecule has 3 N–H and O–H groups in total. The van der Waals surface area contributed by atoms with Crippen LogP contribution in [0.2, 0.25) is 0 Å². The first-order chi connectivity index (χ1) is 16.4. The van der Waals surface area contributed by atoms with E-state index in [4.69, 9.17) is 4.74 Å². The Hall–Kier alpha value is -3.55. The summed E-state index contributed by atoms with van der Waals surface area (Å²) in [5.74, 6) is -0.731. The quantitative estimate of drug-likeness (QED) is 0.542. The standard InChI is InChI=1S/C27H35N3O5/c1-16-10-7-8-13-20(16)29-25(33)23(19-12-9-11-17(2)24(19)32)30(21-14-18(21)3)22(31)15-28-26(34)35-27(4,5)6/h7-13,18,21,23,32H,14-15H2,1-6H3,(H,28,34)(H,29,33). The summed E-state index contributed by atoms with van der Waals surface area (Å²) in [6, 6.07) is 11.2. The second-order valence-corrected chi connectivity index (χ2v) is 10.2. The Balaban J connectivity index is 1.95. The van der Waals surface area contributed by atoms with Crippen LogP contribution in [-0.2, 0) is 14.3 Å². The number of amides is 3. The number of phenols is 1. The van der Waals surface area contributed by atoms with Gasteiger partial charge in [-0.25, -0.2) is 4.79 Å². The van der Waals surface area contributed by atoms with E-state index in [9.17, 15) is 19.5 Å². The molecule has 0 heterocycles. The number of phenolic OH excluding ortho intramolecular Hbond substituents is 1. The number of aromatic hydroxyl groups is 1. The number of rotatable bonds is 7. The molecule has 35 heavy (non-hydrogen) atoms. The molecule has 8 heteroatoms. The third kappa shape index (κ3) is 6.53. The zero-order valence-electron chi connectivity index (χ0n) is 21.2. The smallest absolute Gasteiger partial charge is 0.408 e. The molecule has 0 saturated heterocycles. The maximum absolute atomic E-state index is 13.7. The van der Waals surface area contributed by atoms with Gasteiger partial charge in [-0.2, -0.15) is 0 Å². The van der Waals surface area contributed by atoms with Crippen LogP contribution < -0.4 is 10.6 Å². The topological polar surface area (TPSA) is 108 Å². The Morgan fingerprint density at radius 2 is 1.71 bits per heavy atom. The Labute approximate surface area is 206 Å². The van der Waals surface area contributed by atoms with Crippen LogP contribution in [0.3, 0.4) is 0 Å². The first-order valence-electron chi connectivity index (χ1n) is 11.8. The number of nitrogens with one attached hydrogen (secondary N) is 2. The predicted octanol–water partition coefficient (Wildman–Crippen LogP) is 4.45. The molecule has 2 aromatic rings. The van der Waals surface area contributed by atoms with Crippen molar-refractivity contribution in [2.75, 3.05) is 11.9 Å². The average Bonchev–Trinajstić information content (AvgIpc) is 3.48. The molecule has 0 spiro atoms. The van der Waals surface area contributed by atoms with Crippen LogP contribution >= 0.6 is 0 Å². The van der Waals surface area contributed by atoms with Crippen molar-refractivity contribution in [3.05, 3.63) is 59.2 Å². The Morgan fingerprint density at radius 1 is 1.09 bits per heavy atom. The van der Waals surface area contributed by atoms with Gasteiger partial charge in [0.2, 0.25) is 5.91 Å². The largest absolute Gasteiger partial charge is 0.507 e. The summed E-state index contributed by atoms with van der Waals surface area (Å²) < 4.78 is 5.24. The number of aryl methyl sites for hydroxylation is 2. The zero-order chi connectivity index (χ0) is 25.9. The van der Waals surface area contributed by atoms with Crippen molar-refractivity contribution in [3.8, 4) is 5.75 Å². The van der Waals surface area contributed by atoms with Crippen molar-refractivity contribution >= 4 is 23.6 Å². The highest BCUT2D eigenvalue weighted by atomic mass is 16.6. The summed E-state index contributed by atoms with van der Waals surface area (Å²) in [5, 5.41) is 16.3. The lowest BCUT2D eigenvalue weighted by Crippen LogP contribution is -2.48. The fraction of sp³-hybridized carbons (Fsp3) is 0.444. The molecular formula is C27H35N3O5. The first-order valence-corrected chi connectivity index (χ1v) is 11.8. The van der Waals surface area contributed by atoms with Crippen molar-refractivity contribution in [1.82, 2.24) is 10.2 Å². The summed E-state index contributed by atoms with van der Waals surface area (Å²) in [6.07, 6.45) is 0.00721. The zero-order valence-corrected chi connectivity index (χ0v) is 21.2. The molecule has 3 atom stereocenters. The van der Waals surface area contributed by atoms with Crippen molar-refractivity contribution in [3.63, 3.8) is 0 Å². The summed E-state index contributed by atoms with van der Waals surface area (Å²) in [5.41, 5.74) is 1.72. The van der Waals surface area contributed by atoms with E-state index in [-0.39, 0.29) is 24.3 Å². The number of hydrogen-bond donors (Lipinski definition) is 3. The molecule has 1 aliphatic carbocycles. The van der Waals surface area contributed by atoms with Crippen LogP contribution in [0.25, 0.3) is 0 Å². The molecule has 2 aromatic carbocycles. The van der Waals surface area contributed by atoms with Crippen molar-refractivity contribution in [2.24, 2.45) is 5.92 Å². The van der Waals surface area contributed by atoms with Crippen molar-refractivity contribution in [2.45, 2.75) is 65.6 Å². The van der Waals surface area contributed by atoms with Crippen LogP contribution in [0.15, 0.2) is 42.5 Å². The van der Waals surface area contributed by atoms with Gasteiger partial charge < -0.3 is 25.4 Å². The van der Waals surface area contributed by atoms with E-state index in [1.54, 1.807) is 52.0 Å². The summed E-state index contributed by atoms with van der Waals surface area (Å²) >= 11 is 0. The van der Waals surface area contributed by atoms with Gasteiger partial charge in [-0.1, -0.05) is 43.3 Å². The highest BCUT2D eigenvalue weighted by Crippen LogP contribution is 2.42. The molecule has 188 valence electrons. The number of nitrogens with zero attached hydrogens (tertiary/aromatic N) is 1. The van der Waals surface area contributed by atoms with Crippen molar-refractivity contribution in [1.29, 1.82) is 0 Å². The highest BCUT2D eigenvalue weighted by Gasteiger charge is 2.47. The number of alkyl carbamates (subject to hydrolysis) is 1. The van der Waals surface area contributed by atoms with E-state index in [0.29, 0.717) is 16.8 Å². The number of anilines is 1. The minimum Gasteiger partial charge on any atom is -0.507 e. The number of para-hydroxylation sites is 2. The third-order valence-electron chi connectivity index (χ3n) is 5.99. The lowest BCUT2D eigenvalue weighted by molar-refractivity contribution is -0.139. The van der Waals surface area contributed by atoms with Gasteiger partial charge in [-0.15, -0.1) is 0 Å². The van der Waals surface area contributed by atoms with Gasteiger partial charge in [-0.3, -0.25) is 9.59 Å². The number of hydrogen-bond acceptors (Lipinski definition) is 5. The highest BCUT2D eigenvalue weighted by molar-refractivity contribution is 5.99. The van der Waals surface area contributed by atoms with Gasteiger partial charge in [0, 0.05) is 17.3 Å². The maximum atomic E-state index is 13.7. The number of carbonyl (C=O) groups excluding carboxylic acids is 3. The molecule has 0 aliphatic heterocycles. The van der Waals surface area contributed by atoms with Gasteiger partial charge in [0.15, 0.2) is 0 Å². The lowest BCUT2D eigenvalue weighted by Gasteiger charge is -2.33. The van der Waals surface area contributed by atoms with Crippen LogP contribution in [0, 0.1) is 19.8 Å². The predicted molar refractivity (Wildman–Crippen MR) is 134 cm³/mol. The molecular weight excluding hydrogens is 446 g/mol. The van der Waals surface area contributed by atoms with Crippen LogP contribution in [0.5, 0.6) is 5.75 Å². The molecule has 3 amide bonds. The second-order valence-electron chi connectivity index (χ2n) is 10.2. The second kappa shape index (κ2) is 10.4. The van der Waals surface area contributed by atoms with Crippen LogP contribution in [0.1, 0.15) is 56.8 Å². The maximum Gasteiger partial charge on any atom is 0.408 e. The monoisotopic (exact) mass is 481 g/mol. The summed E-state index contributed by atoms with van der Waals surface area (Å²) in [4.78, 5) is 40.8. The molecule has 3 unspecified atom stereocenters. The number of benzene rings is 2. The van der Waals surface area contributed by atoms with Crippen LogP contribution in [-0.4, -0.2) is 46.1 Å². The van der Waals surface area contributed by atoms with Gasteiger partial charge in [-0.05, 0) is 64.2 Å². The van der Waals surface area contributed by atoms with E-state index >= 15 is 0 Å². The van der Waals surface area contributed by atoms with E-state index in [1.165, 1.54) is 4.90 Å². The Bertz CT molecular complexity index is 1110. The fourth-order valence-electron chi connectivity index (χ4n) is 4.00. The lowest BCUT2D eigenvalue weighted by atomic mass is 9.99. The number of carbonyl (C=O) groups is 3. The van der Waals surface area contributed by atoms with E-state index in [0.717, 1.165) is 12.0 Å². The third-order valence-corrected chi connectivity index (χ3v) is 5.99.